The highest BCUT2D eigenvalue weighted by Gasteiger charge is 2.28. The van der Waals surface area contributed by atoms with Gasteiger partial charge in [-0.2, -0.15) is 13.2 Å². The minimum absolute atomic E-state index is 0.115. The number of anilines is 2. The Labute approximate surface area is 117 Å². The van der Waals surface area contributed by atoms with Crippen molar-refractivity contribution in [2.75, 3.05) is 30.9 Å². The summed E-state index contributed by atoms with van der Waals surface area (Å²) in [5.41, 5.74) is 0.761. The molecule has 0 unspecified atom stereocenters. The molecule has 0 aliphatic rings. The minimum atomic E-state index is -4.16. The van der Waals surface area contributed by atoms with Gasteiger partial charge >= 0.3 is 6.18 Å². The van der Waals surface area contributed by atoms with Crippen LogP contribution in [-0.2, 0) is 6.42 Å². The molecular weight excluding hydrogens is 269 g/mol. The molecule has 0 bridgehead atoms. The zero-order valence-corrected chi connectivity index (χ0v) is 12.3. The van der Waals surface area contributed by atoms with Crippen molar-refractivity contribution < 1.29 is 13.2 Å². The van der Waals surface area contributed by atoms with Crippen LogP contribution in [0, 0.1) is 6.92 Å². The van der Waals surface area contributed by atoms with Crippen LogP contribution >= 0.6 is 0 Å². The maximum absolute atomic E-state index is 12.3. The molecule has 4 nitrogen and oxygen atoms in total. The van der Waals surface area contributed by atoms with E-state index in [1.807, 2.05) is 6.92 Å². The molecule has 0 radical (unpaired) electrons. The Bertz CT molecular complexity index is 446. The van der Waals surface area contributed by atoms with E-state index in [0.29, 0.717) is 23.9 Å². The fourth-order valence-corrected chi connectivity index (χ4v) is 1.90. The molecule has 114 valence electrons. The summed E-state index contributed by atoms with van der Waals surface area (Å²) < 4.78 is 36.9. The van der Waals surface area contributed by atoms with E-state index in [1.54, 1.807) is 21.0 Å². The second-order valence-electron chi connectivity index (χ2n) is 4.72. The highest BCUT2D eigenvalue weighted by Crippen LogP contribution is 2.25. The molecule has 0 spiro atoms. The Balaban J connectivity index is 2.99. The summed E-state index contributed by atoms with van der Waals surface area (Å²) in [4.78, 5) is 10.3. The highest BCUT2D eigenvalue weighted by molar-refractivity contribution is 5.58. The number of halogens is 3. The van der Waals surface area contributed by atoms with Gasteiger partial charge in [0, 0.05) is 32.6 Å². The molecule has 1 aromatic rings. The van der Waals surface area contributed by atoms with Crippen molar-refractivity contribution in [3.63, 3.8) is 0 Å². The van der Waals surface area contributed by atoms with Gasteiger partial charge in [-0.15, -0.1) is 0 Å². The summed E-state index contributed by atoms with van der Waals surface area (Å²) >= 11 is 0. The van der Waals surface area contributed by atoms with E-state index in [1.165, 1.54) is 4.90 Å². The van der Waals surface area contributed by atoms with E-state index in [4.69, 9.17) is 0 Å². The number of hydrogen-bond donors (Lipinski definition) is 1. The SMILES string of the molecule is CCCc1nc(NC)c(C)c(N(C)CCC(F)(F)F)n1. The van der Waals surface area contributed by atoms with E-state index < -0.39 is 12.6 Å². The molecule has 1 heterocycles. The Morgan fingerprint density at radius 1 is 1.25 bits per heavy atom. The lowest BCUT2D eigenvalue weighted by atomic mass is 10.2. The van der Waals surface area contributed by atoms with Crippen LogP contribution in [0.15, 0.2) is 0 Å². The van der Waals surface area contributed by atoms with Gasteiger partial charge in [-0.1, -0.05) is 6.92 Å². The van der Waals surface area contributed by atoms with Crippen LogP contribution < -0.4 is 10.2 Å². The van der Waals surface area contributed by atoms with Crippen molar-refractivity contribution in [1.29, 1.82) is 0 Å². The van der Waals surface area contributed by atoms with Gasteiger partial charge in [0.15, 0.2) is 0 Å². The second kappa shape index (κ2) is 6.76. The van der Waals surface area contributed by atoms with Crippen LogP contribution in [0.3, 0.4) is 0 Å². The summed E-state index contributed by atoms with van der Waals surface area (Å²) in [6.45, 7) is 3.70. The lowest BCUT2D eigenvalue weighted by Gasteiger charge is -2.22. The summed E-state index contributed by atoms with van der Waals surface area (Å²) in [5, 5.41) is 2.96. The fourth-order valence-electron chi connectivity index (χ4n) is 1.90. The smallest absolute Gasteiger partial charge is 0.373 e. The summed E-state index contributed by atoms with van der Waals surface area (Å²) in [6, 6.07) is 0. The third-order valence-electron chi connectivity index (χ3n) is 2.97. The predicted molar refractivity (Wildman–Crippen MR) is 74.3 cm³/mol. The molecule has 0 saturated carbocycles. The van der Waals surface area contributed by atoms with E-state index in [9.17, 15) is 13.2 Å². The first-order chi connectivity index (χ1) is 9.28. The van der Waals surface area contributed by atoms with E-state index in [0.717, 1.165) is 12.0 Å². The van der Waals surface area contributed by atoms with Crippen molar-refractivity contribution >= 4 is 11.6 Å². The molecule has 0 aliphatic carbocycles. The third kappa shape index (κ3) is 4.54. The van der Waals surface area contributed by atoms with Gasteiger partial charge < -0.3 is 10.2 Å². The summed E-state index contributed by atoms with van der Waals surface area (Å²) in [5.74, 6) is 1.87. The molecular formula is C13H21F3N4. The van der Waals surface area contributed by atoms with Crippen molar-refractivity contribution in [3.05, 3.63) is 11.4 Å². The lowest BCUT2D eigenvalue weighted by molar-refractivity contribution is -0.132. The van der Waals surface area contributed by atoms with Crippen LogP contribution in [0.25, 0.3) is 0 Å². The summed E-state index contributed by atoms with van der Waals surface area (Å²) in [6.07, 6.45) is -3.43. The van der Waals surface area contributed by atoms with Crippen molar-refractivity contribution in [2.45, 2.75) is 39.3 Å². The van der Waals surface area contributed by atoms with Crippen LogP contribution in [0.1, 0.15) is 31.2 Å². The Kier molecular flexibility index (Phi) is 5.59. The fraction of sp³-hybridized carbons (Fsp3) is 0.692. The van der Waals surface area contributed by atoms with Crippen LogP contribution in [0.5, 0.6) is 0 Å². The van der Waals surface area contributed by atoms with E-state index in [2.05, 4.69) is 15.3 Å². The molecule has 1 aromatic heterocycles. The second-order valence-corrected chi connectivity index (χ2v) is 4.72. The normalized spacial score (nSPS) is 11.6. The monoisotopic (exact) mass is 290 g/mol. The van der Waals surface area contributed by atoms with Gasteiger partial charge in [0.2, 0.25) is 0 Å². The molecule has 0 fully saturated rings. The van der Waals surface area contributed by atoms with Crippen molar-refractivity contribution in [1.82, 2.24) is 9.97 Å². The lowest BCUT2D eigenvalue weighted by Crippen LogP contribution is -2.26. The zero-order chi connectivity index (χ0) is 15.3. The number of hydrogen-bond acceptors (Lipinski definition) is 4. The molecule has 1 rings (SSSR count). The number of aryl methyl sites for hydroxylation is 1. The van der Waals surface area contributed by atoms with Crippen molar-refractivity contribution in [2.24, 2.45) is 0 Å². The third-order valence-corrected chi connectivity index (χ3v) is 2.97. The van der Waals surface area contributed by atoms with Crippen molar-refractivity contribution in [3.8, 4) is 0 Å². The first-order valence-corrected chi connectivity index (χ1v) is 6.61. The molecule has 0 saturated heterocycles. The maximum Gasteiger partial charge on any atom is 0.390 e. The average molecular weight is 290 g/mol. The minimum Gasteiger partial charge on any atom is -0.373 e. The standard InChI is InChI=1S/C13H21F3N4/c1-5-6-10-18-11(17-3)9(2)12(19-10)20(4)8-7-13(14,15)16/h5-8H2,1-4H3,(H,17,18,19). The van der Waals surface area contributed by atoms with Gasteiger partial charge in [-0.05, 0) is 13.3 Å². The van der Waals surface area contributed by atoms with Gasteiger partial charge in [-0.25, -0.2) is 9.97 Å². The number of nitrogens with one attached hydrogen (secondary N) is 1. The molecule has 0 aliphatic heterocycles. The van der Waals surface area contributed by atoms with E-state index in [-0.39, 0.29) is 6.54 Å². The first-order valence-electron chi connectivity index (χ1n) is 6.61. The topological polar surface area (TPSA) is 41.1 Å². The molecule has 7 heteroatoms. The van der Waals surface area contributed by atoms with E-state index >= 15 is 0 Å². The Morgan fingerprint density at radius 2 is 1.90 bits per heavy atom. The number of aromatic nitrogens is 2. The van der Waals surface area contributed by atoms with Crippen LogP contribution in [-0.4, -0.2) is 36.8 Å². The van der Waals surface area contributed by atoms with Crippen LogP contribution in [0.4, 0.5) is 24.8 Å². The maximum atomic E-state index is 12.3. The summed E-state index contributed by atoms with van der Waals surface area (Å²) in [7, 11) is 3.36. The molecule has 0 aromatic carbocycles. The van der Waals surface area contributed by atoms with Gasteiger partial charge in [0.1, 0.15) is 17.5 Å². The molecule has 0 atom stereocenters. The average Bonchev–Trinajstić information content (AvgIpc) is 2.37. The Morgan fingerprint density at radius 3 is 2.40 bits per heavy atom. The molecule has 0 amide bonds. The van der Waals surface area contributed by atoms with Gasteiger partial charge in [0.25, 0.3) is 0 Å². The quantitative estimate of drug-likeness (QED) is 0.873. The molecule has 1 N–H and O–H groups in total. The largest absolute Gasteiger partial charge is 0.390 e. The first kappa shape index (κ1) is 16.5. The number of alkyl halides is 3. The zero-order valence-electron chi connectivity index (χ0n) is 12.3. The number of nitrogens with zero attached hydrogens (tertiary/aromatic N) is 3. The number of rotatable bonds is 6. The highest BCUT2D eigenvalue weighted by atomic mass is 19.4. The van der Waals surface area contributed by atoms with Crippen LogP contribution in [0.2, 0.25) is 0 Å². The predicted octanol–water partition coefficient (Wildman–Crippen LogP) is 3.17. The molecule has 20 heavy (non-hydrogen) atoms. The van der Waals surface area contributed by atoms with Gasteiger partial charge in [-0.3, -0.25) is 0 Å². The Hall–Kier alpha value is -1.53. The van der Waals surface area contributed by atoms with Gasteiger partial charge in [0.05, 0.1) is 6.42 Å².